The zero-order valence-corrected chi connectivity index (χ0v) is 15.5. The van der Waals surface area contributed by atoms with Crippen molar-refractivity contribution in [2.45, 2.75) is 19.5 Å². The Morgan fingerprint density at radius 1 is 1.08 bits per heavy atom. The van der Waals surface area contributed by atoms with E-state index in [0.29, 0.717) is 0 Å². The first-order valence-corrected chi connectivity index (χ1v) is 8.17. The van der Waals surface area contributed by atoms with Crippen molar-refractivity contribution in [3.8, 4) is 22.6 Å². The van der Waals surface area contributed by atoms with E-state index in [2.05, 4.69) is 61.6 Å². The molecule has 4 heteroatoms. The Labute approximate surface area is 145 Å². The number of hydrogen-bond acceptors (Lipinski definition) is 4. The average molecular weight is 328 g/mol. The van der Waals surface area contributed by atoms with Gasteiger partial charge in [-0.2, -0.15) is 0 Å². The van der Waals surface area contributed by atoms with Crippen molar-refractivity contribution in [2.24, 2.45) is 0 Å². The summed E-state index contributed by atoms with van der Waals surface area (Å²) in [6.45, 7) is 3.04. The highest BCUT2D eigenvalue weighted by atomic mass is 16.5. The normalized spacial score (nSPS) is 12.3. The van der Waals surface area contributed by atoms with E-state index in [0.717, 1.165) is 29.2 Å². The maximum Gasteiger partial charge on any atom is 0.168 e. The van der Waals surface area contributed by atoms with Crippen molar-refractivity contribution in [1.82, 2.24) is 10.2 Å². The molecule has 0 heterocycles. The Morgan fingerprint density at radius 2 is 1.83 bits per heavy atom. The van der Waals surface area contributed by atoms with Crippen LogP contribution >= 0.6 is 0 Å². The van der Waals surface area contributed by atoms with Gasteiger partial charge in [0, 0.05) is 18.2 Å². The van der Waals surface area contributed by atoms with Crippen LogP contribution in [0.3, 0.4) is 0 Å². The lowest BCUT2D eigenvalue weighted by molar-refractivity contribution is 0.355. The van der Waals surface area contributed by atoms with Gasteiger partial charge in [0.1, 0.15) is 0 Å². The standard InChI is InChI=1S/C20H28N2O2/c1-14(21-2)17-11-18(20(24-6)19(12-17)23-5)16-9-7-8-15(10-16)13-22(3)4/h7-12,14,21H,13H2,1-6H3. The summed E-state index contributed by atoms with van der Waals surface area (Å²) in [7, 11) is 9.47. The number of nitrogens with one attached hydrogen (secondary N) is 1. The third-order valence-electron chi connectivity index (χ3n) is 4.17. The maximum absolute atomic E-state index is 5.66. The minimum absolute atomic E-state index is 0.230. The Morgan fingerprint density at radius 3 is 2.42 bits per heavy atom. The summed E-state index contributed by atoms with van der Waals surface area (Å²) in [6, 6.07) is 13.0. The van der Waals surface area contributed by atoms with E-state index in [1.54, 1.807) is 14.2 Å². The molecule has 0 amide bonds. The Hall–Kier alpha value is -2.04. The molecule has 1 unspecified atom stereocenters. The topological polar surface area (TPSA) is 33.7 Å². The van der Waals surface area contributed by atoms with E-state index in [4.69, 9.17) is 9.47 Å². The van der Waals surface area contributed by atoms with Crippen LogP contribution in [0.5, 0.6) is 11.5 Å². The van der Waals surface area contributed by atoms with Crippen LogP contribution in [0.2, 0.25) is 0 Å². The number of ether oxygens (including phenoxy) is 2. The van der Waals surface area contributed by atoms with E-state index >= 15 is 0 Å². The van der Waals surface area contributed by atoms with Gasteiger partial charge in [-0.15, -0.1) is 0 Å². The summed E-state index contributed by atoms with van der Waals surface area (Å²) in [5, 5.41) is 3.28. The fourth-order valence-electron chi connectivity index (χ4n) is 2.82. The summed E-state index contributed by atoms with van der Waals surface area (Å²) in [5.41, 5.74) is 4.62. The fourth-order valence-corrected chi connectivity index (χ4v) is 2.82. The highest BCUT2D eigenvalue weighted by molar-refractivity contribution is 5.75. The lowest BCUT2D eigenvalue weighted by atomic mass is 9.97. The molecular weight excluding hydrogens is 300 g/mol. The predicted molar refractivity (Wildman–Crippen MR) is 99.8 cm³/mol. The van der Waals surface area contributed by atoms with Gasteiger partial charge in [0.05, 0.1) is 14.2 Å². The second kappa shape index (κ2) is 8.18. The molecule has 0 radical (unpaired) electrons. The highest BCUT2D eigenvalue weighted by Gasteiger charge is 2.16. The molecule has 2 aromatic rings. The summed E-state index contributed by atoms with van der Waals surface area (Å²) in [5.74, 6) is 1.52. The molecule has 0 saturated heterocycles. The Bertz CT molecular complexity index is 683. The first kappa shape index (κ1) is 18.3. The lowest BCUT2D eigenvalue weighted by Gasteiger charge is -2.19. The average Bonchev–Trinajstić information content (AvgIpc) is 2.59. The molecule has 1 N–H and O–H groups in total. The summed E-state index contributed by atoms with van der Waals surface area (Å²) in [4.78, 5) is 2.16. The monoisotopic (exact) mass is 328 g/mol. The largest absolute Gasteiger partial charge is 0.493 e. The number of methoxy groups -OCH3 is 2. The molecule has 24 heavy (non-hydrogen) atoms. The third kappa shape index (κ3) is 4.08. The molecular formula is C20H28N2O2. The van der Waals surface area contributed by atoms with Crippen molar-refractivity contribution >= 4 is 0 Å². The number of rotatable bonds is 7. The van der Waals surface area contributed by atoms with E-state index in [9.17, 15) is 0 Å². The molecule has 0 aliphatic rings. The van der Waals surface area contributed by atoms with Crippen LogP contribution in [0.4, 0.5) is 0 Å². The van der Waals surface area contributed by atoms with Crippen LogP contribution < -0.4 is 14.8 Å². The van der Waals surface area contributed by atoms with E-state index < -0.39 is 0 Å². The van der Waals surface area contributed by atoms with Crippen molar-refractivity contribution in [3.05, 3.63) is 47.5 Å². The van der Waals surface area contributed by atoms with Crippen molar-refractivity contribution in [3.63, 3.8) is 0 Å². The second-order valence-electron chi connectivity index (χ2n) is 6.25. The fraction of sp³-hybridized carbons (Fsp3) is 0.400. The van der Waals surface area contributed by atoms with E-state index in [1.807, 2.05) is 13.1 Å². The maximum atomic E-state index is 5.66. The van der Waals surface area contributed by atoms with Gasteiger partial charge in [-0.05, 0) is 63.0 Å². The minimum Gasteiger partial charge on any atom is -0.493 e. The van der Waals surface area contributed by atoms with Gasteiger partial charge in [0.25, 0.3) is 0 Å². The smallest absolute Gasteiger partial charge is 0.168 e. The molecule has 0 saturated carbocycles. The molecule has 0 aliphatic carbocycles. The van der Waals surface area contributed by atoms with E-state index in [1.165, 1.54) is 11.1 Å². The molecule has 1 atom stereocenters. The Kier molecular flexibility index (Phi) is 6.23. The molecule has 0 bridgehead atoms. The summed E-state index contributed by atoms with van der Waals surface area (Å²) < 4.78 is 11.2. The quantitative estimate of drug-likeness (QED) is 0.840. The zero-order valence-electron chi connectivity index (χ0n) is 15.5. The van der Waals surface area contributed by atoms with Crippen LogP contribution in [0, 0.1) is 0 Å². The van der Waals surface area contributed by atoms with Gasteiger partial charge >= 0.3 is 0 Å². The van der Waals surface area contributed by atoms with Gasteiger partial charge in [0.15, 0.2) is 11.5 Å². The van der Waals surface area contributed by atoms with Gasteiger partial charge in [-0.1, -0.05) is 18.2 Å². The molecule has 0 aliphatic heterocycles. The van der Waals surface area contributed by atoms with Crippen LogP contribution in [-0.4, -0.2) is 40.3 Å². The lowest BCUT2D eigenvalue weighted by Crippen LogP contribution is -2.13. The second-order valence-corrected chi connectivity index (χ2v) is 6.25. The highest BCUT2D eigenvalue weighted by Crippen LogP contribution is 2.40. The first-order valence-electron chi connectivity index (χ1n) is 8.17. The van der Waals surface area contributed by atoms with Crippen LogP contribution in [0.1, 0.15) is 24.1 Å². The number of benzene rings is 2. The van der Waals surface area contributed by atoms with Crippen LogP contribution in [0.25, 0.3) is 11.1 Å². The van der Waals surface area contributed by atoms with Crippen molar-refractivity contribution in [1.29, 1.82) is 0 Å². The summed E-state index contributed by atoms with van der Waals surface area (Å²) >= 11 is 0. The van der Waals surface area contributed by atoms with E-state index in [-0.39, 0.29) is 6.04 Å². The van der Waals surface area contributed by atoms with Crippen molar-refractivity contribution < 1.29 is 9.47 Å². The third-order valence-corrected chi connectivity index (χ3v) is 4.17. The minimum atomic E-state index is 0.230. The molecule has 2 aromatic carbocycles. The Balaban J connectivity index is 2.58. The van der Waals surface area contributed by atoms with Gasteiger partial charge in [-0.25, -0.2) is 0 Å². The molecule has 4 nitrogen and oxygen atoms in total. The van der Waals surface area contributed by atoms with Gasteiger partial charge in [0.2, 0.25) is 0 Å². The molecule has 0 aromatic heterocycles. The first-order chi connectivity index (χ1) is 11.5. The zero-order chi connectivity index (χ0) is 17.7. The van der Waals surface area contributed by atoms with Gasteiger partial charge < -0.3 is 19.7 Å². The summed E-state index contributed by atoms with van der Waals surface area (Å²) in [6.07, 6.45) is 0. The number of nitrogens with zero attached hydrogens (tertiary/aromatic N) is 1. The molecule has 0 fully saturated rings. The van der Waals surface area contributed by atoms with Gasteiger partial charge in [-0.3, -0.25) is 0 Å². The van der Waals surface area contributed by atoms with Crippen LogP contribution in [-0.2, 0) is 6.54 Å². The SMILES string of the molecule is CNC(C)c1cc(OC)c(OC)c(-c2cccc(CN(C)C)c2)c1. The molecule has 2 rings (SSSR count). The molecule has 0 spiro atoms. The van der Waals surface area contributed by atoms with Crippen molar-refractivity contribution in [2.75, 3.05) is 35.4 Å². The molecule has 130 valence electrons. The number of hydrogen-bond donors (Lipinski definition) is 1. The predicted octanol–water partition coefficient (Wildman–Crippen LogP) is 3.71. The van der Waals surface area contributed by atoms with Crippen LogP contribution in [0.15, 0.2) is 36.4 Å².